The summed E-state index contributed by atoms with van der Waals surface area (Å²) < 4.78 is 11.8. The molecule has 1 aliphatic carbocycles. The largest absolute Gasteiger partial charge is 0.444 e. The number of para-hydroxylation sites is 1. The smallest absolute Gasteiger partial charge is 0.415 e. The molecule has 0 bridgehead atoms. The van der Waals surface area contributed by atoms with Crippen molar-refractivity contribution < 1.29 is 19.1 Å². The van der Waals surface area contributed by atoms with E-state index in [4.69, 9.17) is 9.47 Å². The lowest BCUT2D eigenvalue weighted by Crippen LogP contribution is -2.65. The van der Waals surface area contributed by atoms with Crippen molar-refractivity contribution in [1.82, 2.24) is 0 Å². The van der Waals surface area contributed by atoms with Gasteiger partial charge in [0.15, 0.2) is 0 Å². The first-order valence-corrected chi connectivity index (χ1v) is 10.6. The van der Waals surface area contributed by atoms with Gasteiger partial charge in [0.1, 0.15) is 12.4 Å². The minimum Gasteiger partial charge on any atom is -0.444 e. The highest BCUT2D eigenvalue weighted by Crippen LogP contribution is 2.59. The van der Waals surface area contributed by atoms with E-state index in [2.05, 4.69) is 6.92 Å². The zero-order chi connectivity index (χ0) is 21.5. The van der Waals surface area contributed by atoms with E-state index >= 15 is 0 Å². The molecular formula is C25H29NO4. The lowest BCUT2D eigenvalue weighted by Gasteiger charge is -2.52. The van der Waals surface area contributed by atoms with E-state index in [0.717, 1.165) is 16.8 Å². The van der Waals surface area contributed by atoms with Gasteiger partial charge in [-0.05, 0) is 24.1 Å². The summed E-state index contributed by atoms with van der Waals surface area (Å²) in [5.74, 6) is 0.161. The van der Waals surface area contributed by atoms with E-state index < -0.39 is 16.9 Å². The standard InChI is InChI=1S/C25H29NO4/c1-5-29-20-15-21(27)24(2,3)25(4)18-13-9-10-14-19(18)26(22(20)25)23(28)30-16-17-11-7-6-8-12-17/h6-14,20,22H,5,15-16H2,1-4H3/t20-,22+,25+/m1/s1. The van der Waals surface area contributed by atoms with Crippen LogP contribution in [0.5, 0.6) is 0 Å². The number of Topliss-reactive ketones (excluding diaryl/α,β-unsaturated/α-hetero) is 1. The number of amides is 1. The molecule has 2 aliphatic rings. The highest BCUT2D eigenvalue weighted by Gasteiger charge is 2.65. The fourth-order valence-electron chi connectivity index (χ4n) is 5.14. The summed E-state index contributed by atoms with van der Waals surface area (Å²) in [5, 5.41) is 0. The number of carbonyl (C=O) groups excluding carboxylic acids is 2. The maximum absolute atomic E-state index is 13.4. The summed E-state index contributed by atoms with van der Waals surface area (Å²) in [7, 11) is 0. The zero-order valence-electron chi connectivity index (χ0n) is 18.1. The molecule has 2 aromatic rings. The summed E-state index contributed by atoms with van der Waals surface area (Å²) in [6, 6.07) is 17.2. The van der Waals surface area contributed by atoms with Crippen LogP contribution in [0.2, 0.25) is 0 Å². The molecular weight excluding hydrogens is 378 g/mol. The van der Waals surface area contributed by atoms with E-state index in [9.17, 15) is 9.59 Å². The molecule has 4 rings (SSSR count). The fraction of sp³-hybridized carbons (Fsp3) is 0.440. The number of ketones is 1. The second-order valence-corrected chi connectivity index (χ2v) is 8.82. The van der Waals surface area contributed by atoms with Gasteiger partial charge in [0, 0.05) is 23.9 Å². The number of hydrogen-bond donors (Lipinski definition) is 0. The Hall–Kier alpha value is -2.66. The first kappa shape index (κ1) is 20.6. The van der Waals surface area contributed by atoms with Gasteiger partial charge in [0.25, 0.3) is 0 Å². The second kappa shape index (κ2) is 7.55. The Bertz CT molecular complexity index is 955. The predicted molar refractivity (Wildman–Crippen MR) is 116 cm³/mol. The lowest BCUT2D eigenvalue weighted by atomic mass is 9.53. The third kappa shape index (κ3) is 2.95. The number of rotatable bonds is 4. The molecule has 0 aromatic heterocycles. The summed E-state index contributed by atoms with van der Waals surface area (Å²) in [6.45, 7) is 8.66. The maximum atomic E-state index is 13.4. The highest BCUT2D eigenvalue weighted by atomic mass is 16.6. The van der Waals surface area contributed by atoms with Crippen LogP contribution >= 0.6 is 0 Å². The molecule has 0 radical (unpaired) electrons. The molecule has 0 unspecified atom stereocenters. The minimum absolute atomic E-state index is 0.161. The first-order valence-electron chi connectivity index (χ1n) is 10.6. The Labute approximate surface area is 178 Å². The van der Waals surface area contributed by atoms with Gasteiger partial charge in [-0.25, -0.2) is 4.79 Å². The highest BCUT2D eigenvalue weighted by molar-refractivity contribution is 5.97. The third-order valence-corrected chi connectivity index (χ3v) is 7.11. The lowest BCUT2D eigenvalue weighted by molar-refractivity contribution is -0.142. The van der Waals surface area contributed by atoms with Crippen LogP contribution in [-0.2, 0) is 26.3 Å². The molecule has 3 atom stereocenters. The summed E-state index contributed by atoms with van der Waals surface area (Å²) in [5.41, 5.74) is 1.51. The van der Waals surface area contributed by atoms with Gasteiger partial charge in [-0.1, -0.05) is 69.3 Å². The van der Waals surface area contributed by atoms with E-state index in [-0.39, 0.29) is 31.0 Å². The number of fused-ring (bicyclic) bond motifs is 3. The number of ether oxygens (including phenoxy) is 2. The van der Waals surface area contributed by atoms with Crippen LogP contribution in [0.15, 0.2) is 54.6 Å². The molecule has 1 aliphatic heterocycles. The number of benzene rings is 2. The van der Waals surface area contributed by atoms with Gasteiger partial charge in [0.2, 0.25) is 0 Å². The second-order valence-electron chi connectivity index (χ2n) is 8.82. The summed E-state index contributed by atoms with van der Waals surface area (Å²) in [4.78, 5) is 28.2. The first-order chi connectivity index (χ1) is 14.3. The van der Waals surface area contributed by atoms with Gasteiger partial charge < -0.3 is 9.47 Å². The fourth-order valence-corrected chi connectivity index (χ4v) is 5.14. The molecule has 1 amide bonds. The molecule has 1 saturated carbocycles. The molecule has 1 fully saturated rings. The molecule has 158 valence electrons. The van der Waals surface area contributed by atoms with Crippen LogP contribution < -0.4 is 4.90 Å². The average Bonchev–Trinajstić information content (AvgIpc) is 3.02. The Morgan fingerprint density at radius 3 is 2.43 bits per heavy atom. The van der Waals surface area contributed by atoms with Crippen LogP contribution in [0.25, 0.3) is 0 Å². The molecule has 0 saturated heterocycles. The topological polar surface area (TPSA) is 55.8 Å². The van der Waals surface area contributed by atoms with Crippen molar-refractivity contribution in [2.75, 3.05) is 11.5 Å². The van der Waals surface area contributed by atoms with Crippen molar-refractivity contribution in [2.24, 2.45) is 5.41 Å². The maximum Gasteiger partial charge on any atom is 0.415 e. The molecule has 2 aromatic carbocycles. The molecule has 30 heavy (non-hydrogen) atoms. The average molecular weight is 408 g/mol. The van der Waals surface area contributed by atoms with Crippen molar-refractivity contribution in [3.8, 4) is 0 Å². The van der Waals surface area contributed by atoms with E-state index in [1.54, 1.807) is 4.90 Å². The van der Waals surface area contributed by atoms with Crippen molar-refractivity contribution in [2.45, 2.75) is 58.3 Å². The summed E-state index contributed by atoms with van der Waals surface area (Å²) in [6.07, 6.45) is -0.496. The Morgan fingerprint density at radius 1 is 1.07 bits per heavy atom. The Morgan fingerprint density at radius 2 is 1.73 bits per heavy atom. The number of anilines is 1. The number of nitrogens with zero attached hydrogens (tertiary/aromatic N) is 1. The van der Waals surface area contributed by atoms with Crippen LogP contribution in [0.3, 0.4) is 0 Å². The van der Waals surface area contributed by atoms with E-state index in [1.165, 1.54) is 0 Å². The van der Waals surface area contributed by atoms with Crippen molar-refractivity contribution in [3.05, 3.63) is 65.7 Å². The van der Waals surface area contributed by atoms with E-state index in [0.29, 0.717) is 6.61 Å². The SMILES string of the molecule is CCO[C@@H]1CC(=O)C(C)(C)[C@@]2(C)c3ccccc3N(C(=O)OCc3ccccc3)[C@@H]12. The monoisotopic (exact) mass is 407 g/mol. The van der Waals surface area contributed by atoms with Gasteiger partial charge in [-0.15, -0.1) is 0 Å². The van der Waals surface area contributed by atoms with Gasteiger partial charge >= 0.3 is 6.09 Å². The molecule has 0 N–H and O–H groups in total. The van der Waals surface area contributed by atoms with Gasteiger partial charge in [0.05, 0.1) is 17.8 Å². The van der Waals surface area contributed by atoms with E-state index in [1.807, 2.05) is 75.4 Å². The number of carbonyl (C=O) groups is 2. The van der Waals surface area contributed by atoms with Crippen LogP contribution in [0.1, 0.15) is 45.2 Å². The summed E-state index contributed by atoms with van der Waals surface area (Å²) >= 11 is 0. The van der Waals surface area contributed by atoms with Crippen LogP contribution in [0, 0.1) is 5.41 Å². The molecule has 5 nitrogen and oxygen atoms in total. The minimum atomic E-state index is -0.643. The van der Waals surface area contributed by atoms with Crippen LogP contribution in [0.4, 0.5) is 10.5 Å². The zero-order valence-corrected chi connectivity index (χ0v) is 18.1. The number of hydrogen-bond acceptors (Lipinski definition) is 4. The third-order valence-electron chi connectivity index (χ3n) is 7.11. The molecule has 0 spiro atoms. The van der Waals surface area contributed by atoms with Crippen molar-refractivity contribution >= 4 is 17.6 Å². The van der Waals surface area contributed by atoms with Gasteiger partial charge in [-0.3, -0.25) is 9.69 Å². The van der Waals surface area contributed by atoms with Crippen molar-refractivity contribution in [1.29, 1.82) is 0 Å². The predicted octanol–water partition coefficient (Wildman–Crippen LogP) is 4.87. The quantitative estimate of drug-likeness (QED) is 0.725. The van der Waals surface area contributed by atoms with Gasteiger partial charge in [-0.2, -0.15) is 0 Å². The molecule has 5 heteroatoms. The van der Waals surface area contributed by atoms with Crippen molar-refractivity contribution in [3.63, 3.8) is 0 Å². The van der Waals surface area contributed by atoms with Crippen LogP contribution in [-0.4, -0.2) is 30.6 Å². The Kier molecular flexibility index (Phi) is 5.18. The molecule has 1 heterocycles. The normalized spacial score (nSPS) is 26.8. The Balaban J connectivity index is 1.76.